The number of aryl methyl sites for hydroxylation is 4. The Morgan fingerprint density at radius 1 is 0.700 bits per heavy atom. The van der Waals surface area contributed by atoms with Gasteiger partial charge in [-0.25, -0.2) is 4.90 Å². The monoisotopic (exact) mass is 396 g/mol. The van der Waals surface area contributed by atoms with Crippen molar-refractivity contribution >= 4 is 28.8 Å². The molecule has 1 aliphatic heterocycles. The van der Waals surface area contributed by atoms with Gasteiger partial charge in [-0.15, -0.1) is 0 Å². The lowest BCUT2D eigenvalue weighted by atomic mass is 9.99. The molecule has 2 amide bonds. The van der Waals surface area contributed by atoms with Gasteiger partial charge in [0, 0.05) is 5.69 Å². The van der Waals surface area contributed by atoms with Gasteiger partial charge in [0.25, 0.3) is 11.8 Å². The van der Waals surface area contributed by atoms with Crippen LogP contribution < -0.4 is 10.2 Å². The minimum absolute atomic E-state index is 0.305. The number of rotatable bonds is 4. The van der Waals surface area contributed by atoms with E-state index in [2.05, 4.69) is 11.4 Å². The number of amides is 2. The first-order chi connectivity index (χ1) is 14.4. The minimum atomic E-state index is -0.348. The van der Waals surface area contributed by atoms with Crippen molar-refractivity contribution in [2.24, 2.45) is 0 Å². The van der Waals surface area contributed by atoms with Gasteiger partial charge in [0.1, 0.15) is 5.70 Å². The molecule has 4 rings (SSSR count). The van der Waals surface area contributed by atoms with Crippen LogP contribution in [-0.4, -0.2) is 11.8 Å². The van der Waals surface area contributed by atoms with E-state index in [1.807, 2.05) is 76.2 Å². The van der Waals surface area contributed by atoms with Crippen LogP contribution >= 0.6 is 0 Å². The molecule has 150 valence electrons. The summed E-state index contributed by atoms with van der Waals surface area (Å²) in [5, 5.41) is 3.27. The molecule has 0 spiro atoms. The Bertz CT molecular complexity index is 1190. The highest BCUT2D eigenvalue weighted by molar-refractivity contribution is 6.46. The first-order valence-electron chi connectivity index (χ1n) is 9.97. The normalized spacial score (nSPS) is 13.9. The highest BCUT2D eigenvalue weighted by Gasteiger charge is 2.40. The van der Waals surface area contributed by atoms with Crippen LogP contribution in [0.25, 0.3) is 5.57 Å². The van der Waals surface area contributed by atoms with Crippen LogP contribution in [0, 0.1) is 27.7 Å². The van der Waals surface area contributed by atoms with E-state index in [4.69, 9.17) is 0 Å². The summed E-state index contributed by atoms with van der Waals surface area (Å²) < 4.78 is 0. The van der Waals surface area contributed by atoms with Gasteiger partial charge in [-0.1, -0.05) is 54.1 Å². The summed E-state index contributed by atoms with van der Waals surface area (Å²) in [5.41, 5.74) is 7.18. The van der Waals surface area contributed by atoms with E-state index in [1.165, 1.54) is 4.90 Å². The van der Waals surface area contributed by atoms with Crippen molar-refractivity contribution in [1.29, 1.82) is 0 Å². The molecule has 3 aromatic carbocycles. The molecule has 4 heteroatoms. The first-order valence-corrected chi connectivity index (χ1v) is 9.97. The number of benzene rings is 3. The van der Waals surface area contributed by atoms with Crippen LogP contribution in [0.4, 0.5) is 11.4 Å². The van der Waals surface area contributed by atoms with Crippen LogP contribution in [0.5, 0.6) is 0 Å². The number of carbonyl (C=O) groups excluding carboxylic acids is 2. The molecule has 0 bridgehead atoms. The van der Waals surface area contributed by atoms with Crippen LogP contribution in [0.2, 0.25) is 0 Å². The molecule has 3 aromatic rings. The van der Waals surface area contributed by atoms with E-state index in [-0.39, 0.29) is 11.8 Å². The molecule has 0 saturated heterocycles. The number of nitrogens with zero attached hydrogens (tertiary/aromatic N) is 1. The highest BCUT2D eigenvalue weighted by Crippen LogP contribution is 2.34. The van der Waals surface area contributed by atoms with Crippen molar-refractivity contribution in [3.63, 3.8) is 0 Å². The summed E-state index contributed by atoms with van der Waals surface area (Å²) in [6, 6.07) is 20.9. The zero-order chi connectivity index (χ0) is 21.4. The fraction of sp³-hybridized carbons (Fsp3) is 0.154. The predicted molar refractivity (Wildman–Crippen MR) is 121 cm³/mol. The lowest BCUT2D eigenvalue weighted by Gasteiger charge is -2.15. The standard InChI is InChI=1S/C26H24N2O2/c1-16-10-13-22(19(4)14-16)27-24-23(20-12-11-17(2)18(3)15-20)25(29)28(26(24)30)21-8-6-5-7-9-21/h5-15,27H,1-4H3. The fourth-order valence-electron chi connectivity index (χ4n) is 3.71. The Balaban J connectivity index is 1.86. The van der Waals surface area contributed by atoms with Gasteiger partial charge >= 0.3 is 0 Å². The maximum absolute atomic E-state index is 13.5. The number of para-hydroxylation sites is 1. The van der Waals surface area contributed by atoms with Crippen molar-refractivity contribution in [3.05, 3.63) is 100 Å². The SMILES string of the molecule is Cc1ccc(NC2=C(c3ccc(C)c(C)c3)C(=O)N(c3ccccc3)C2=O)c(C)c1. The van der Waals surface area contributed by atoms with Gasteiger partial charge < -0.3 is 5.32 Å². The Kier molecular flexibility index (Phi) is 5.00. The second-order valence-electron chi connectivity index (χ2n) is 7.77. The molecule has 0 aromatic heterocycles. The zero-order valence-electron chi connectivity index (χ0n) is 17.6. The summed E-state index contributed by atoms with van der Waals surface area (Å²) in [6.07, 6.45) is 0. The lowest BCUT2D eigenvalue weighted by Crippen LogP contribution is -2.32. The van der Waals surface area contributed by atoms with Gasteiger partial charge in [0.15, 0.2) is 0 Å². The van der Waals surface area contributed by atoms with Crippen molar-refractivity contribution in [1.82, 2.24) is 0 Å². The fourth-order valence-corrected chi connectivity index (χ4v) is 3.71. The van der Waals surface area contributed by atoms with Crippen LogP contribution in [0.3, 0.4) is 0 Å². The average Bonchev–Trinajstić information content (AvgIpc) is 2.96. The third-order valence-electron chi connectivity index (χ3n) is 5.54. The smallest absolute Gasteiger partial charge is 0.282 e. The molecule has 1 aliphatic rings. The van der Waals surface area contributed by atoms with E-state index in [9.17, 15) is 9.59 Å². The summed E-state index contributed by atoms with van der Waals surface area (Å²) in [7, 11) is 0. The van der Waals surface area contributed by atoms with E-state index in [0.717, 1.165) is 33.5 Å². The summed E-state index contributed by atoms with van der Waals surface area (Å²) in [6.45, 7) is 8.05. The molecule has 1 N–H and O–H groups in total. The second kappa shape index (κ2) is 7.64. The molecule has 0 radical (unpaired) electrons. The second-order valence-corrected chi connectivity index (χ2v) is 7.77. The number of anilines is 2. The molecule has 0 aliphatic carbocycles. The number of carbonyl (C=O) groups is 2. The quantitative estimate of drug-likeness (QED) is 0.608. The Labute approximate surface area is 176 Å². The van der Waals surface area contributed by atoms with Crippen molar-refractivity contribution in [2.45, 2.75) is 27.7 Å². The summed E-state index contributed by atoms with van der Waals surface area (Å²) >= 11 is 0. The number of nitrogens with one attached hydrogen (secondary N) is 1. The third-order valence-corrected chi connectivity index (χ3v) is 5.54. The van der Waals surface area contributed by atoms with E-state index in [1.54, 1.807) is 12.1 Å². The lowest BCUT2D eigenvalue weighted by molar-refractivity contribution is -0.120. The molecule has 30 heavy (non-hydrogen) atoms. The van der Waals surface area contributed by atoms with Gasteiger partial charge in [-0.05, 0) is 68.1 Å². The van der Waals surface area contributed by atoms with E-state index < -0.39 is 0 Å². The maximum atomic E-state index is 13.5. The highest BCUT2D eigenvalue weighted by atomic mass is 16.2. The van der Waals surface area contributed by atoms with Crippen molar-refractivity contribution in [2.75, 3.05) is 10.2 Å². The third kappa shape index (κ3) is 3.41. The Morgan fingerprint density at radius 2 is 1.43 bits per heavy atom. The number of hydrogen-bond donors (Lipinski definition) is 1. The van der Waals surface area contributed by atoms with Crippen molar-refractivity contribution < 1.29 is 9.59 Å². The average molecular weight is 396 g/mol. The zero-order valence-corrected chi connectivity index (χ0v) is 17.6. The van der Waals surface area contributed by atoms with Gasteiger partial charge in [0.05, 0.1) is 11.3 Å². The predicted octanol–water partition coefficient (Wildman–Crippen LogP) is 5.32. The Morgan fingerprint density at radius 3 is 2.10 bits per heavy atom. The van der Waals surface area contributed by atoms with Crippen LogP contribution in [-0.2, 0) is 9.59 Å². The van der Waals surface area contributed by atoms with Crippen molar-refractivity contribution in [3.8, 4) is 0 Å². The Hall–Kier alpha value is -3.66. The molecule has 0 atom stereocenters. The molecule has 0 saturated carbocycles. The first kappa shape index (κ1) is 19.6. The molecule has 0 fully saturated rings. The van der Waals surface area contributed by atoms with E-state index >= 15 is 0 Å². The van der Waals surface area contributed by atoms with Crippen LogP contribution in [0.1, 0.15) is 27.8 Å². The summed E-state index contributed by atoms with van der Waals surface area (Å²) in [5.74, 6) is -0.666. The summed E-state index contributed by atoms with van der Waals surface area (Å²) in [4.78, 5) is 28.1. The number of imide groups is 1. The molecule has 4 nitrogen and oxygen atoms in total. The van der Waals surface area contributed by atoms with Crippen LogP contribution in [0.15, 0.2) is 72.4 Å². The number of hydrogen-bond acceptors (Lipinski definition) is 3. The maximum Gasteiger partial charge on any atom is 0.282 e. The van der Waals surface area contributed by atoms with Gasteiger partial charge in [-0.3, -0.25) is 9.59 Å². The largest absolute Gasteiger partial charge is 0.350 e. The molecule has 0 unspecified atom stereocenters. The molecular weight excluding hydrogens is 372 g/mol. The topological polar surface area (TPSA) is 49.4 Å². The van der Waals surface area contributed by atoms with Gasteiger partial charge in [0.2, 0.25) is 0 Å². The van der Waals surface area contributed by atoms with E-state index in [0.29, 0.717) is 17.0 Å². The minimum Gasteiger partial charge on any atom is -0.350 e. The molecular formula is C26H24N2O2. The molecule has 1 heterocycles. The van der Waals surface area contributed by atoms with Gasteiger partial charge in [-0.2, -0.15) is 0 Å².